The van der Waals surface area contributed by atoms with Crippen LogP contribution < -0.4 is 10.6 Å². The van der Waals surface area contributed by atoms with Crippen molar-refractivity contribution in [3.63, 3.8) is 0 Å². The molecule has 4 aliphatic rings. The largest absolute Gasteiger partial charge is 0.381 e. The molecule has 6 rings (SSSR count). The number of benzene rings is 1. The van der Waals surface area contributed by atoms with E-state index in [1.807, 2.05) is 12.1 Å². The average molecular weight is 537 g/mol. The number of nitrogens with zero attached hydrogens (tertiary/aromatic N) is 4. The Morgan fingerprint density at radius 3 is 2.63 bits per heavy atom. The topological polar surface area (TPSA) is 133 Å². The number of carbonyl (C=O) groups is 4. The van der Waals surface area contributed by atoms with Crippen molar-refractivity contribution in [3.05, 3.63) is 58.4 Å². The summed E-state index contributed by atoms with van der Waals surface area (Å²) < 4.78 is 5.45. The first kappa shape index (κ1) is 24.5. The number of anilines is 1. The number of ether oxygens (including phenoxy) is 1. The van der Waals surface area contributed by atoms with Gasteiger partial charge in [0.25, 0.3) is 11.8 Å². The molecule has 0 radical (unpaired) electrons. The Morgan fingerprint density at radius 1 is 1.16 bits per heavy atom. The van der Waals surface area contributed by atoms with Crippen LogP contribution in [0.5, 0.6) is 0 Å². The van der Waals surface area contributed by atoms with Crippen molar-refractivity contribution in [2.24, 2.45) is 4.99 Å². The Bertz CT molecular complexity index is 1420. The molecule has 2 N–H and O–H groups in total. The third-order valence-electron chi connectivity index (χ3n) is 7.86. The highest BCUT2D eigenvalue weighted by Crippen LogP contribution is 2.38. The number of halogens is 1. The summed E-state index contributed by atoms with van der Waals surface area (Å²) >= 11 is 6.39. The van der Waals surface area contributed by atoms with Gasteiger partial charge in [0.2, 0.25) is 5.91 Å². The van der Waals surface area contributed by atoms with Gasteiger partial charge in [-0.2, -0.15) is 0 Å². The Kier molecular flexibility index (Phi) is 5.73. The van der Waals surface area contributed by atoms with Gasteiger partial charge in [0.1, 0.15) is 23.3 Å². The second kappa shape index (κ2) is 8.88. The van der Waals surface area contributed by atoms with Gasteiger partial charge in [-0.15, -0.1) is 0 Å². The lowest BCUT2D eigenvalue weighted by molar-refractivity contribution is -0.136. The predicted molar refractivity (Wildman–Crippen MR) is 137 cm³/mol. The number of urea groups is 1. The molecule has 2 spiro atoms. The summed E-state index contributed by atoms with van der Waals surface area (Å²) in [5, 5.41) is 5.57. The van der Waals surface area contributed by atoms with Crippen LogP contribution in [-0.4, -0.2) is 82.3 Å². The molecule has 2 aromatic rings. The maximum Gasteiger partial charge on any atom is 0.324 e. The second-order valence-electron chi connectivity index (χ2n) is 10.0. The van der Waals surface area contributed by atoms with Gasteiger partial charge in [-0.1, -0.05) is 17.7 Å². The minimum Gasteiger partial charge on any atom is -0.381 e. The maximum atomic E-state index is 13.6. The van der Waals surface area contributed by atoms with Crippen LogP contribution in [0.25, 0.3) is 0 Å². The number of amides is 5. The number of rotatable bonds is 4. The first-order valence-electron chi connectivity index (χ1n) is 12.3. The number of imide groups is 1. The number of hydrogen-bond acceptors (Lipinski definition) is 7. The third kappa shape index (κ3) is 3.76. The van der Waals surface area contributed by atoms with Crippen molar-refractivity contribution in [2.75, 3.05) is 32.1 Å². The van der Waals surface area contributed by atoms with E-state index in [9.17, 15) is 19.2 Å². The average Bonchev–Trinajstić information content (AvgIpc) is 3.47. The normalized spacial score (nSPS) is 23.7. The molecule has 0 bridgehead atoms. The number of amidine groups is 1. The first-order valence-corrected chi connectivity index (χ1v) is 12.7. The van der Waals surface area contributed by atoms with E-state index in [1.165, 1.54) is 9.80 Å². The molecular weight excluding hydrogens is 512 g/mol. The van der Waals surface area contributed by atoms with Gasteiger partial charge >= 0.3 is 6.03 Å². The van der Waals surface area contributed by atoms with Crippen molar-refractivity contribution < 1.29 is 23.9 Å². The van der Waals surface area contributed by atoms with Gasteiger partial charge in [0.05, 0.1) is 5.02 Å². The zero-order valence-electron chi connectivity index (χ0n) is 20.6. The van der Waals surface area contributed by atoms with Crippen molar-refractivity contribution >= 4 is 46.9 Å². The van der Waals surface area contributed by atoms with Crippen LogP contribution in [0.3, 0.4) is 0 Å². The second-order valence-corrected chi connectivity index (χ2v) is 10.4. The summed E-state index contributed by atoms with van der Waals surface area (Å²) in [6.45, 7) is 0.524. The zero-order chi connectivity index (χ0) is 26.7. The summed E-state index contributed by atoms with van der Waals surface area (Å²) in [6, 6.07) is 8.34. The number of aliphatic imine (C=N–C) groups is 1. The molecule has 196 valence electrons. The Labute approximate surface area is 223 Å². The lowest BCUT2D eigenvalue weighted by Crippen LogP contribution is -2.48. The van der Waals surface area contributed by atoms with E-state index < -0.39 is 23.0 Å². The van der Waals surface area contributed by atoms with Gasteiger partial charge in [0, 0.05) is 57.8 Å². The van der Waals surface area contributed by atoms with Crippen LogP contribution in [0.15, 0.2) is 41.5 Å². The van der Waals surface area contributed by atoms with Gasteiger partial charge < -0.3 is 15.0 Å². The van der Waals surface area contributed by atoms with Gasteiger partial charge in [-0.3, -0.25) is 29.6 Å². The number of fused-ring (bicyclic) bond motifs is 1. The highest BCUT2D eigenvalue weighted by molar-refractivity contribution is 6.34. The maximum absolute atomic E-state index is 13.6. The van der Waals surface area contributed by atoms with Gasteiger partial charge in [0.15, 0.2) is 5.84 Å². The summed E-state index contributed by atoms with van der Waals surface area (Å²) in [7, 11) is 1.61. The fourth-order valence-corrected chi connectivity index (χ4v) is 5.90. The van der Waals surface area contributed by atoms with E-state index in [1.54, 1.807) is 31.4 Å². The monoisotopic (exact) mass is 536 g/mol. The van der Waals surface area contributed by atoms with Gasteiger partial charge in [-0.05, 0) is 35.4 Å². The van der Waals surface area contributed by atoms with E-state index >= 15 is 0 Å². The Hall–Kier alpha value is -3.83. The molecule has 5 amide bonds. The lowest BCUT2D eigenvalue weighted by Gasteiger charge is -2.29. The smallest absolute Gasteiger partial charge is 0.324 e. The number of hydrogen-bond donors (Lipinski definition) is 2. The highest BCUT2D eigenvalue weighted by Gasteiger charge is 2.54. The number of pyridine rings is 1. The molecule has 1 aliphatic carbocycles. The quantitative estimate of drug-likeness (QED) is 0.569. The van der Waals surface area contributed by atoms with E-state index in [2.05, 4.69) is 15.6 Å². The Morgan fingerprint density at radius 2 is 1.92 bits per heavy atom. The molecule has 38 heavy (non-hydrogen) atoms. The van der Waals surface area contributed by atoms with Crippen LogP contribution in [0.4, 0.5) is 10.5 Å². The summed E-state index contributed by atoms with van der Waals surface area (Å²) in [5.41, 5.74) is 0.739. The van der Waals surface area contributed by atoms with E-state index in [-0.39, 0.29) is 24.2 Å². The van der Waals surface area contributed by atoms with Crippen molar-refractivity contribution in [2.45, 2.75) is 36.8 Å². The van der Waals surface area contributed by atoms with E-state index in [0.717, 1.165) is 11.1 Å². The fourth-order valence-electron chi connectivity index (χ4n) is 5.69. The van der Waals surface area contributed by atoms with Crippen LogP contribution in [0.1, 0.15) is 29.7 Å². The molecule has 0 saturated carbocycles. The molecule has 1 atom stereocenters. The number of carbonyl (C=O) groups excluding carboxylic acids is 4. The van der Waals surface area contributed by atoms with Crippen molar-refractivity contribution in [3.8, 4) is 0 Å². The zero-order valence-corrected chi connectivity index (χ0v) is 21.4. The molecule has 0 unspecified atom stereocenters. The highest BCUT2D eigenvalue weighted by atomic mass is 35.5. The number of nitrogens with one attached hydrogen (secondary N) is 2. The molecule has 1 aromatic carbocycles. The molecule has 2 saturated heterocycles. The van der Waals surface area contributed by atoms with Crippen LogP contribution >= 0.6 is 11.6 Å². The first-order chi connectivity index (χ1) is 18.2. The number of aromatic nitrogens is 1. The molecule has 4 heterocycles. The van der Waals surface area contributed by atoms with E-state index in [0.29, 0.717) is 55.3 Å². The van der Waals surface area contributed by atoms with Crippen LogP contribution in [0.2, 0.25) is 5.02 Å². The standard InChI is InChI=1S/C26H25ClN6O5/c1-32-24(37)30-22(35)26(32)12-15-4-5-17(11-16(15)13-26)29-19(34)14-33-21(20-18(27)3-2-8-28-20)31-25(23(33)36)6-9-38-10-7-25/h2-5,8,11H,6-7,9-10,12-14H2,1H3,(H,29,34)(H,30,35,37)/t26-/m0/s1. The van der Waals surface area contributed by atoms with Crippen molar-refractivity contribution in [1.29, 1.82) is 0 Å². The lowest BCUT2D eigenvalue weighted by atomic mass is 9.90. The SMILES string of the molecule is CN1C(=O)NC(=O)[C@@]12Cc1ccc(NC(=O)CN3C(=O)C4(CCOCC4)N=C3c3ncccc3Cl)cc1C2. The van der Waals surface area contributed by atoms with Crippen LogP contribution in [0, 0.1) is 0 Å². The van der Waals surface area contributed by atoms with Crippen LogP contribution in [-0.2, 0) is 32.0 Å². The minimum absolute atomic E-state index is 0.270. The fraction of sp³-hybridized carbons (Fsp3) is 0.385. The molecule has 1 aromatic heterocycles. The van der Waals surface area contributed by atoms with Crippen molar-refractivity contribution in [1.82, 2.24) is 20.1 Å². The Balaban J connectivity index is 1.22. The molecule has 2 fully saturated rings. The molecular formula is C26H25ClN6O5. The summed E-state index contributed by atoms with van der Waals surface area (Å²) in [4.78, 5) is 63.2. The minimum atomic E-state index is -0.998. The third-order valence-corrected chi connectivity index (χ3v) is 8.16. The summed E-state index contributed by atoms with van der Waals surface area (Å²) in [5.74, 6) is -0.737. The summed E-state index contributed by atoms with van der Waals surface area (Å²) in [6.07, 6.45) is 3.14. The number of likely N-dealkylation sites (N-methyl/N-ethyl adjacent to an activating group) is 1. The van der Waals surface area contributed by atoms with Gasteiger partial charge in [-0.25, -0.2) is 9.79 Å². The molecule has 11 nitrogen and oxygen atoms in total. The van der Waals surface area contributed by atoms with E-state index in [4.69, 9.17) is 21.3 Å². The molecule has 12 heteroatoms. The predicted octanol–water partition coefficient (Wildman–Crippen LogP) is 1.53. The molecule has 3 aliphatic heterocycles.